The third kappa shape index (κ3) is 5.22. The Hall–Kier alpha value is -1.04. The highest BCUT2D eigenvalue weighted by atomic mass is 35.5. The van der Waals surface area contributed by atoms with Gasteiger partial charge in [-0.1, -0.05) is 0 Å². The van der Waals surface area contributed by atoms with Gasteiger partial charge in [-0.3, -0.25) is 4.79 Å². The molecule has 3 rings (SSSR count). The summed E-state index contributed by atoms with van der Waals surface area (Å²) in [6, 6.07) is 3.93. The Labute approximate surface area is 163 Å². The molecule has 1 aromatic rings. The summed E-state index contributed by atoms with van der Waals surface area (Å²) in [6.07, 6.45) is 7.59. The van der Waals surface area contributed by atoms with Crippen LogP contribution in [0.1, 0.15) is 49.4 Å². The summed E-state index contributed by atoms with van der Waals surface area (Å²) in [4.78, 5) is 21.8. The first-order valence-electron chi connectivity index (χ1n) is 8.91. The Morgan fingerprint density at radius 1 is 1.20 bits per heavy atom. The number of nitrogens with zero attached hydrogens (tertiary/aromatic N) is 3. The summed E-state index contributed by atoms with van der Waals surface area (Å²) < 4.78 is 0. The Kier molecular flexibility index (Phi) is 8.97. The van der Waals surface area contributed by atoms with Crippen LogP contribution < -0.4 is 10.6 Å². The zero-order valence-corrected chi connectivity index (χ0v) is 16.5. The van der Waals surface area contributed by atoms with Gasteiger partial charge in [-0.25, -0.2) is 4.98 Å². The van der Waals surface area contributed by atoms with Crippen molar-refractivity contribution in [3.8, 4) is 0 Å². The Morgan fingerprint density at radius 3 is 2.60 bits per heavy atom. The van der Waals surface area contributed by atoms with E-state index in [4.69, 9.17) is 5.73 Å². The van der Waals surface area contributed by atoms with Crippen molar-refractivity contribution in [1.82, 2.24) is 9.88 Å². The molecule has 0 bridgehead atoms. The molecule has 2 unspecified atom stereocenters. The van der Waals surface area contributed by atoms with E-state index in [-0.39, 0.29) is 36.8 Å². The standard InChI is InChI=1S/C18H28N4O.2ClH/c1-14(19)15-7-6-12-22(13-15)18(23)16-8-5-9-20-17(16)21-10-3-2-4-11-21;;/h5,8-9,14-15H,2-4,6-7,10-13,19H2,1H3;2*1H. The maximum absolute atomic E-state index is 13.0. The van der Waals surface area contributed by atoms with E-state index in [1.807, 2.05) is 24.0 Å². The summed E-state index contributed by atoms with van der Waals surface area (Å²) >= 11 is 0. The minimum Gasteiger partial charge on any atom is -0.356 e. The van der Waals surface area contributed by atoms with E-state index in [2.05, 4.69) is 9.88 Å². The zero-order chi connectivity index (χ0) is 16.2. The molecule has 1 aromatic heterocycles. The fourth-order valence-electron chi connectivity index (χ4n) is 3.72. The molecule has 5 nitrogen and oxygen atoms in total. The molecule has 142 valence electrons. The zero-order valence-electron chi connectivity index (χ0n) is 14.9. The van der Waals surface area contributed by atoms with Gasteiger partial charge in [0.05, 0.1) is 5.56 Å². The van der Waals surface area contributed by atoms with Gasteiger partial charge in [0.15, 0.2) is 0 Å². The first kappa shape index (κ1) is 22.0. The SMILES string of the molecule is CC(N)C1CCCN(C(=O)c2cccnc2N2CCCCC2)C1.Cl.Cl. The smallest absolute Gasteiger partial charge is 0.257 e. The lowest BCUT2D eigenvalue weighted by Crippen LogP contribution is -2.45. The van der Waals surface area contributed by atoms with Crippen LogP contribution in [0, 0.1) is 5.92 Å². The number of piperidine rings is 2. The number of halogens is 2. The highest BCUT2D eigenvalue weighted by Gasteiger charge is 2.29. The largest absolute Gasteiger partial charge is 0.356 e. The molecule has 3 heterocycles. The van der Waals surface area contributed by atoms with Crippen LogP contribution in [0.3, 0.4) is 0 Å². The molecule has 0 spiro atoms. The molecule has 2 fully saturated rings. The normalized spacial score (nSPS) is 21.8. The van der Waals surface area contributed by atoms with Crippen molar-refractivity contribution in [3.63, 3.8) is 0 Å². The van der Waals surface area contributed by atoms with Gasteiger partial charge in [-0.15, -0.1) is 24.8 Å². The third-order valence-electron chi connectivity index (χ3n) is 5.16. The maximum atomic E-state index is 13.0. The quantitative estimate of drug-likeness (QED) is 0.863. The van der Waals surface area contributed by atoms with Crippen LogP contribution in [0.15, 0.2) is 18.3 Å². The van der Waals surface area contributed by atoms with Crippen molar-refractivity contribution in [1.29, 1.82) is 0 Å². The average Bonchev–Trinajstić information content (AvgIpc) is 2.62. The third-order valence-corrected chi connectivity index (χ3v) is 5.16. The number of nitrogens with two attached hydrogens (primary N) is 1. The molecule has 2 N–H and O–H groups in total. The summed E-state index contributed by atoms with van der Waals surface area (Å²) in [7, 11) is 0. The molecule has 2 saturated heterocycles. The lowest BCUT2D eigenvalue weighted by atomic mass is 9.92. The van der Waals surface area contributed by atoms with Crippen LogP contribution in [0.5, 0.6) is 0 Å². The number of amides is 1. The number of carbonyl (C=O) groups is 1. The molecule has 25 heavy (non-hydrogen) atoms. The van der Waals surface area contributed by atoms with Crippen molar-refractivity contribution in [3.05, 3.63) is 23.9 Å². The second kappa shape index (κ2) is 10.2. The molecule has 2 atom stereocenters. The Balaban J connectivity index is 0.00000156. The second-order valence-electron chi connectivity index (χ2n) is 6.93. The van der Waals surface area contributed by atoms with Crippen molar-refractivity contribution >= 4 is 36.5 Å². The number of hydrogen-bond acceptors (Lipinski definition) is 4. The molecule has 7 heteroatoms. The van der Waals surface area contributed by atoms with Gasteiger partial charge >= 0.3 is 0 Å². The lowest BCUT2D eigenvalue weighted by Gasteiger charge is -2.36. The van der Waals surface area contributed by atoms with E-state index >= 15 is 0 Å². The van der Waals surface area contributed by atoms with E-state index in [0.29, 0.717) is 5.92 Å². The van der Waals surface area contributed by atoms with E-state index in [9.17, 15) is 4.79 Å². The molecular weight excluding hydrogens is 359 g/mol. The van der Waals surface area contributed by atoms with Crippen LogP contribution >= 0.6 is 24.8 Å². The minimum absolute atomic E-state index is 0. The van der Waals surface area contributed by atoms with Gasteiger partial charge in [0.25, 0.3) is 5.91 Å². The summed E-state index contributed by atoms with van der Waals surface area (Å²) in [5.41, 5.74) is 6.81. The van der Waals surface area contributed by atoms with Crippen molar-refractivity contribution in [2.45, 2.75) is 45.1 Å². The number of pyridine rings is 1. The Bertz CT molecular complexity index is 550. The Morgan fingerprint density at radius 2 is 1.92 bits per heavy atom. The summed E-state index contributed by atoms with van der Waals surface area (Å²) in [6.45, 7) is 5.64. The summed E-state index contributed by atoms with van der Waals surface area (Å²) in [5, 5.41) is 0. The highest BCUT2D eigenvalue weighted by molar-refractivity contribution is 5.99. The van der Waals surface area contributed by atoms with Gasteiger partial charge in [-0.2, -0.15) is 0 Å². The van der Waals surface area contributed by atoms with Gasteiger partial charge in [0, 0.05) is 38.4 Å². The first-order chi connectivity index (χ1) is 11.2. The van der Waals surface area contributed by atoms with Gasteiger partial charge in [0.1, 0.15) is 5.82 Å². The molecule has 2 aliphatic rings. The number of rotatable bonds is 3. The van der Waals surface area contributed by atoms with Crippen molar-refractivity contribution in [2.24, 2.45) is 11.7 Å². The summed E-state index contributed by atoms with van der Waals surface area (Å²) in [5.74, 6) is 1.38. The van der Waals surface area contributed by atoms with Crippen LogP contribution in [-0.4, -0.2) is 48.0 Å². The van der Waals surface area contributed by atoms with Gasteiger partial charge in [0.2, 0.25) is 0 Å². The molecule has 0 radical (unpaired) electrons. The number of likely N-dealkylation sites (tertiary alicyclic amines) is 1. The molecule has 0 saturated carbocycles. The fourth-order valence-corrected chi connectivity index (χ4v) is 3.72. The molecular formula is C18H30Cl2N4O. The van der Waals surface area contributed by atoms with E-state index in [0.717, 1.165) is 50.4 Å². The van der Waals surface area contributed by atoms with Crippen LogP contribution in [0.4, 0.5) is 5.82 Å². The van der Waals surface area contributed by atoms with E-state index < -0.39 is 0 Å². The van der Waals surface area contributed by atoms with E-state index in [1.165, 1.54) is 19.3 Å². The van der Waals surface area contributed by atoms with Gasteiger partial charge in [-0.05, 0) is 57.1 Å². The number of anilines is 1. The highest BCUT2D eigenvalue weighted by Crippen LogP contribution is 2.25. The molecule has 2 aliphatic heterocycles. The number of aromatic nitrogens is 1. The lowest BCUT2D eigenvalue weighted by molar-refractivity contribution is 0.0661. The minimum atomic E-state index is 0. The second-order valence-corrected chi connectivity index (χ2v) is 6.93. The topological polar surface area (TPSA) is 62.5 Å². The predicted molar refractivity (Wildman–Crippen MR) is 107 cm³/mol. The van der Waals surface area contributed by atoms with Crippen molar-refractivity contribution in [2.75, 3.05) is 31.1 Å². The predicted octanol–water partition coefficient (Wildman–Crippen LogP) is 3.11. The van der Waals surface area contributed by atoms with Crippen LogP contribution in [-0.2, 0) is 0 Å². The van der Waals surface area contributed by atoms with E-state index in [1.54, 1.807) is 6.20 Å². The molecule has 1 amide bonds. The average molecular weight is 389 g/mol. The monoisotopic (exact) mass is 388 g/mol. The maximum Gasteiger partial charge on any atom is 0.257 e. The van der Waals surface area contributed by atoms with Crippen LogP contribution in [0.25, 0.3) is 0 Å². The number of carbonyl (C=O) groups excluding carboxylic acids is 1. The molecule has 0 aliphatic carbocycles. The van der Waals surface area contributed by atoms with Crippen LogP contribution in [0.2, 0.25) is 0 Å². The molecule has 0 aromatic carbocycles. The van der Waals surface area contributed by atoms with Crippen molar-refractivity contribution < 1.29 is 4.79 Å². The van der Waals surface area contributed by atoms with Gasteiger partial charge < -0.3 is 15.5 Å². The first-order valence-corrected chi connectivity index (χ1v) is 8.91. The fraction of sp³-hybridized carbons (Fsp3) is 0.667. The number of hydrogen-bond donors (Lipinski definition) is 1.